The molecule has 0 spiro atoms. The van der Waals surface area contributed by atoms with E-state index in [1.807, 2.05) is 6.92 Å². The van der Waals surface area contributed by atoms with Crippen LogP contribution < -0.4 is 5.32 Å². The molecule has 25 heavy (non-hydrogen) atoms. The number of rotatable bonds is 8. The first-order valence-corrected chi connectivity index (χ1v) is 10.00. The number of anilines is 1. The lowest BCUT2D eigenvalue weighted by molar-refractivity contribution is -0.146. The average Bonchev–Trinajstić information content (AvgIpc) is 2.50. The summed E-state index contributed by atoms with van der Waals surface area (Å²) < 4.78 is 20.0. The molecule has 1 aromatic rings. The van der Waals surface area contributed by atoms with Gasteiger partial charge in [0.05, 0.1) is 11.8 Å². The Bertz CT molecular complexity index is 623. The Hall–Kier alpha value is -1.08. The summed E-state index contributed by atoms with van der Waals surface area (Å²) in [6.07, 6.45) is 1.28. The van der Waals surface area contributed by atoms with Gasteiger partial charge in [-0.3, -0.25) is 9.59 Å². The van der Waals surface area contributed by atoms with Gasteiger partial charge in [0.15, 0.2) is 0 Å². The molecule has 7 heteroatoms. The van der Waals surface area contributed by atoms with Gasteiger partial charge in [0.2, 0.25) is 5.91 Å². The van der Waals surface area contributed by atoms with Gasteiger partial charge in [-0.05, 0) is 48.3 Å². The minimum atomic E-state index is -0.526. The highest BCUT2D eigenvalue weighted by Gasteiger charge is 2.23. The summed E-state index contributed by atoms with van der Waals surface area (Å²) >= 11 is 4.64. The summed E-state index contributed by atoms with van der Waals surface area (Å²) in [4.78, 5) is 24.8. The molecule has 0 saturated carbocycles. The molecule has 0 saturated heterocycles. The molecule has 1 aromatic carbocycles. The smallest absolute Gasteiger partial charge is 0.319 e. The van der Waals surface area contributed by atoms with E-state index in [0.29, 0.717) is 15.8 Å². The molecule has 0 bridgehead atoms. The number of amides is 1. The number of benzene rings is 1. The van der Waals surface area contributed by atoms with Gasteiger partial charge in [-0.15, -0.1) is 11.8 Å². The van der Waals surface area contributed by atoms with E-state index in [0.717, 1.165) is 6.42 Å². The Balaban J connectivity index is 3.05. The number of nitrogens with one attached hydrogen (secondary N) is 1. The zero-order valence-corrected chi connectivity index (χ0v) is 17.6. The molecule has 1 amide bonds. The molecule has 1 N–H and O–H groups in total. The fourth-order valence-electron chi connectivity index (χ4n) is 1.94. The van der Waals surface area contributed by atoms with Gasteiger partial charge in [0.1, 0.15) is 11.1 Å². The van der Waals surface area contributed by atoms with Crippen LogP contribution in [-0.4, -0.2) is 23.2 Å². The van der Waals surface area contributed by atoms with E-state index in [-0.39, 0.29) is 34.8 Å². The van der Waals surface area contributed by atoms with E-state index in [4.69, 9.17) is 4.74 Å². The van der Waals surface area contributed by atoms with Gasteiger partial charge in [0, 0.05) is 15.3 Å². The van der Waals surface area contributed by atoms with Crippen molar-refractivity contribution >= 4 is 45.3 Å². The maximum atomic E-state index is 14.1. The zero-order valence-electron chi connectivity index (χ0n) is 15.2. The van der Waals surface area contributed by atoms with Crippen LogP contribution >= 0.6 is 27.7 Å². The zero-order chi connectivity index (χ0) is 19.1. The lowest BCUT2D eigenvalue weighted by Crippen LogP contribution is -2.23. The first-order chi connectivity index (χ1) is 11.6. The molecular weight excluding hydrogens is 409 g/mol. The second-order valence-electron chi connectivity index (χ2n) is 6.29. The van der Waals surface area contributed by atoms with E-state index in [1.165, 1.54) is 17.8 Å². The van der Waals surface area contributed by atoms with Crippen LogP contribution in [0.25, 0.3) is 0 Å². The first-order valence-electron chi connectivity index (χ1n) is 8.32. The average molecular weight is 434 g/mol. The quantitative estimate of drug-likeness (QED) is 0.440. The largest absolute Gasteiger partial charge is 0.462 e. The Kier molecular flexibility index (Phi) is 8.93. The molecule has 0 heterocycles. The molecular formula is C18H25BrFNO3S. The summed E-state index contributed by atoms with van der Waals surface area (Å²) in [6.45, 7) is 9.07. The monoisotopic (exact) mass is 433 g/mol. The standard InChI is InChI=1S/C18H25BrFNO3S/c1-6-7-15(18(23)24-11(4)5)25-16-9-14(13(20)8-12(16)19)21-17(22)10(2)3/h8-11,15H,6-7H2,1-5H3,(H,21,22). The summed E-state index contributed by atoms with van der Waals surface area (Å²) in [5, 5.41) is 2.19. The van der Waals surface area contributed by atoms with E-state index in [9.17, 15) is 14.0 Å². The van der Waals surface area contributed by atoms with Crippen LogP contribution in [-0.2, 0) is 14.3 Å². The van der Waals surface area contributed by atoms with Crippen molar-refractivity contribution in [1.82, 2.24) is 0 Å². The van der Waals surface area contributed by atoms with Crippen molar-refractivity contribution in [2.45, 2.75) is 63.7 Å². The number of carbonyl (C=O) groups is 2. The topological polar surface area (TPSA) is 55.4 Å². The van der Waals surface area contributed by atoms with E-state index < -0.39 is 5.82 Å². The van der Waals surface area contributed by atoms with Gasteiger partial charge in [0.25, 0.3) is 0 Å². The van der Waals surface area contributed by atoms with E-state index >= 15 is 0 Å². The van der Waals surface area contributed by atoms with Gasteiger partial charge in [-0.1, -0.05) is 27.2 Å². The molecule has 0 aliphatic heterocycles. The lowest BCUT2D eigenvalue weighted by atomic mass is 10.2. The van der Waals surface area contributed by atoms with Crippen molar-refractivity contribution in [2.24, 2.45) is 5.92 Å². The summed E-state index contributed by atoms with van der Waals surface area (Å²) in [7, 11) is 0. The van der Waals surface area contributed by atoms with Crippen LogP contribution in [0.4, 0.5) is 10.1 Å². The minimum absolute atomic E-state index is 0.108. The van der Waals surface area contributed by atoms with Gasteiger partial charge in [-0.2, -0.15) is 0 Å². The predicted octanol–water partition coefficient (Wildman–Crippen LogP) is 5.40. The van der Waals surface area contributed by atoms with Gasteiger partial charge >= 0.3 is 5.97 Å². The van der Waals surface area contributed by atoms with E-state index in [2.05, 4.69) is 21.2 Å². The number of thioether (sulfide) groups is 1. The van der Waals surface area contributed by atoms with Crippen molar-refractivity contribution in [1.29, 1.82) is 0 Å². The maximum absolute atomic E-state index is 14.1. The second-order valence-corrected chi connectivity index (χ2v) is 8.39. The molecule has 1 rings (SSSR count). The third kappa shape index (κ3) is 6.98. The molecule has 0 aromatic heterocycles. The normalized spacial score (nSPS) is 12.4. The number of carbonyl (C=O) groups excluding carboxylic acids is 2. The van der Waals surface area contributed by atoms with Crippen molar-refractivity contribution in [3.05, 3.63) is 22.4 Å². The number of esters is 1. The van der Waals surface area contributed by atoms with Crippen molar-refractivity contribution in [2.75, 3.05) is 5.32 Å². The van der Waals surface area contributed by atoms with Crippen LogP contribution in [0.1, 0.15) is 47.5 Å². The third-order valence-electron chi connectivity index (χ3n) is 3.24. The predicted molar refractivity (Wildman–Crippen MR) is 103 cm³/mol. The lowest BCUT2D eigenvalue weighted by Gasteiger charge is -2.18. The Morgan fingerprint density at radius 2 is 1.92 bits per heavy atom. The van der Waals surface area contributed by atoms with Gasteiger partial charge < -0.3 is 10.1 Å². The fraction of sp³-hybridized carbons (Fsp3) is 0.556. The Morgan fingerprint density at radius 3 is 2.44 bits per heavy atom. The minimum Gasteiger partial charge on any atom is -0.462 e. The Morgan fingerprint density at radius 1 is 1.28 bits per heavy atom. The summed E-state index contributed by atoms with van der Waals surface area (Å²) in [6, 6.07) is 2.85. The molecule has 1 atom stereocenters. The van der Waals surface area contributed by atoms with Crippen LogP contribution in [0, 0.1) is 11.7 Å². The number of halogens is 2. The SMILES string of the molecule is CCCC(Sc1cc(NC(=O)C(C)C)c(F)cc1Br)C(=O)OC(C)C. The number of hydrogen-bond donors (Lipinski definition) is 1. The van der Waals surface area contributed by atoms with Crippen LogP contribution in [0.15, 0.2) is 21.5 Å². The molecule has 4 nitrogen and oxygen atoms in total. The van der Waals surface area contributed by atoms with Crippen LogP contribution in [0.3, 0.4) is 0 Å². The highest BCUT2D eigenvalue weighted by atomic mass is 79.9. The van der Waals surface area contributed by atoms with Crippen molar-refractivity contribution in [3.8, 4) is 0 Å². The summed E-state index contributed by atoms with van der Waals surface area (Å²) in [5.74, 6) is -1.33. The van der Waals surface area contributed by atoms with Gasteiger partial charge in [-0.25, -0.2) is 4.39 Å². The molecule has 1 unspecified atom stereocenters. The first kappa shape index (κ1) is 22.0. The molecule has 0 aliphatic carbocycles. The second kappa shape index (κ2) is 10.2. The third-order valence-corrected chi connectivity index (χ3v) is 5.46. The Labute approximate surface area is 161 Å². The van der Waals surface area contributed by atoms with E-state index in [1.54, 1.807) is 33.8 Å². The maximum Gasteiger partial charge on any atom is 0.319 e. The molecule has 0 radical (unpaired) electrons. The molecule has 140 valence electrons. The number of hydrogen-bond acceptors (Lipinski definition) is 4. The molecule has 0 fully saturated rings. The number of ether oxygens (including phenoxy) is 1. The van der Waals surface area contributed by atoms with Crippen molar-refractivity contribution in [3.63, 3.8) is 0 Å². The molecule has 0 aliphatic rings. The van der Waals surface area contributed by atoms with Crippen LogP contribution in [0.5, 0.6) is 0 Å². The highest BCUT2D eigenvalue weighted by molar-refractivity contribution is 9.10. The van der Waals surface area contributed by atoms with Crippen molar-refractivity contribution < 1.29 is 18.7 Å². The highest BCUT2D eigenvalue weighted by Crippen LogP contribution is 2.36. The fourth-order valence-corrected chi connectivity index (χ4v) is 3.71. The van der Waals surface area contributed by atoms with Crippen LogP contribution in [0.2, 0.25) is 0 Å². The summed E-state index contributed by atoms with van der Waals surface area (Å²) in [5.41, 5.74) is 0.108.